The van der Waals surface area contributed by atoms with Crippen molar-refractivity contribution in [2.75, 3.05) is 11.9 Å². The van der Waals surface area contributed by atoms with Gasteiger partial charge in [-0.15, -0.1) is 0 Å². The summed E-state index contributed by atoms with van der Waals surface area (Å²) >= 11 is 1.04. The van der Waals surface area contributed by atoms with Gasteiger partial charge in [0.1, 0.15) is 5.40 Å². The maximum atomic E-state index is 12.3. The van der Waals surface area contributed by atoms with Crippen LogP contribution in [0.5, 0.6) is 0 Å². The molecule has 0 unspecified atom stereocenters. The number of nitrogens with zero attached hydrogens (tertiary/aromatic N) is 2. The van der Waals surface area contributed by atoms with Crippen LogP contribution in [0.2, 0.25) is 0 Å². The Kier molecular flexibility index (Phi) is 6.41. The van der Waals surface area contributed by atoms with Crippen molar-refractivity contribution in [3.8, 4) is 5.40 Å². The van der Waals surface area contributed by atoms with E-state index < -0.39 is 11.8 Å². The number of carbonyl (C=O) groups excluding carboxylic acids is 2. The van der Waals surface area contributed by atoms with Crippen molar-refractivity contribution >= 4 is 29.3 Å². The number of hydrogen-bond acceptors (Lipinski definition) is 4. The Bertz CT molecular complexity index is 739. The highest BCUT2D eigenvalue weighted by Gasteiger charge is 2.20. The summed E-state index contributed by atoms with van der Waals surface area (Å²) in [5.74, 6) is -1.25. The molecule has 0 spiro atoms. The van der Waals surface area contributed by atoms with Crippen molar-refractivity contribution in [1.82, 2.24) is 4.90 Å². The molecule has 0 fully saturated rings. The number of rotatable bonds is 5. The predicted molar refractivity (Wildman–Crippen MR) is 94.1 cm³/mol. The molecular formula is C18H17N3O2S. The van der Waals surface area contributed by atoms with Crippen LogP contribution < -0.4 is 5.32 Å². The van der Waals surface area contributed by atoms with Gasteiger partial charge in [0.15, 0.2) is 0 Å². The van der Waals surface area contributed by atoms with Gasteiger partial charge < -0.3 is 10.2 Å². The van der Waals surface area contributed by atoms with E-state index in [0.717, 1.165) is 22.2 Å². The van der Waals surface area contributed by atoms with Gasteiger partial charge in [0.05, 0.1) is 0 Å². The van der Waals surface area contributed by atoms with Crippen LogP contribution in [0, 0.1) is 10.7 Å². The molecule has 24 heavy (non-hydrogen) atoms. The molecule has 0 saturated carbocycles. The van der Waals surface area contributed by atoms with Crippen molar-refractivity contribution in [2.24, 2.45) is 0 Å². The molecule has 2 rings (SSSR count). The molecule has 0 aliphatic rings. The summed E-state index contributed by atoms with van der Waals surface area (Å²) in [6.45, 7) is 2.67. The van der Waals surface area contributed by atoms with E-state index in [4.69, 9.17) is 5.26 Å². The van der Waals surface area contributed by atoms with Crippen LogP contribution in [0.25, 0.3) is 0 Å². The lowest BCUT2D eigenvalue weighted by Gasteiger charge is -2.20. The molecule has 0 aliphatic carbocycles. The zero-order valence-corrected chi connectivity index (χ0v) is 14.0. The lowest BCUT2D eigenvalue weighted by molar-refractivity contribution is -0.143. The van der Waals surface area contributed by atoms with E-state index in [2.05, 4.69) is 5.32 Å². The average Bonchev–Trinajstić information content (AvgIpc) is 2.62. The second kappa shape index (κ2) is 8.75. The lowest BCUT2D eigenvalue weighted by Crippen LogP contribution is -2.39. The van der Waals surface area contributed by atoms with Crippen molar-refractivity contribution in [3.05, 3.63) is 60.2 Å². The summed E-state index contributed by atoms with van der Waals surface area (Å²) in [6, 6.07) is 16.3. The molecular weight excluding hydrogens is 322 g/mol. The second-order valence-electron chi connectivity index (χ2n) is 4.98. The average molecular weight is 339 g/mol. The first-order chi connectivity index (χ1) is 11.6. The number of carbonyl (C=O) groups is 2. The van der Waals surface area contributed by atoms with Crippen LogP contribution in [-0.4, -0.2) is 23.3 Å². The fourth-order valence-corrected chi connectivity index (χ4v) is 2.50. The third kappa shape index (κ3) is 4.86. The highest BCUT2D eigenvalue weighted by molar-refractivity contribution is 8.03. The number of nitriles is 1. The first-order valence-electron chi connectivity index (χ1n) is 7.44. The zero-order valence-electron chi connectivity index (χ0n) is 13.2. The first kappa shape index (κ1) is 17.6. The van der Waals surface area contributed by atoms with Crippen molar-refractivity contribution in [3.63, 3.8) is 0 Å². The largest absolute Gasteiger partial charge is 0.330 e. The molecule has 0 bridgehead atoms. The van der Waals surface area contributed by atoms with Crippen LogP contribution in [0.15, 0.2) is 59.5 Å². The van der Waals surface area contributed by atoms with Gasteiger partial charge in [-0.3, -0.25) is 9.59 Å². The molecule has 122 valence electrons. The molecule has 6 heteroatoms. The quantitative estimate of drug-likeness (QED) is 0.515. The number of anilines is 1. The molecule has 0 aromatic heterocycles. The van der Waals surface area contributed by atoms with Crippen molar-refractivity contribution in [2.45, 2.75) is 18.4 Å². The van der Waals surface area contributed by atoms with E-state index in [-0.39, 0.29) is 0 Å². The van der Waals surface area contributed by atoms with Gasteiger partial charge in [0, 0.05) is 23.7 Å². The van der Waals surface area contributed by atoms with Crippen LogP contribution in [0.4, 0.5) is 5.69 Å². The third-order valence-corrected chi connectivity index (χ3v) is 3.95. The minimum Gasteiger partial charge on any atom is -0.330 e. The Balaban J connectivity index is 1.99. The molecule has 0 aliphatic heterocycles. The number of amides is 2. The topological polar surface area (TPSA) is 73.2 Å². The van der Waals surface area contributed by atoms with Crippen LogP contribution >= 0.6 is 11.8 Å². The first-order valence-corrected chi connectivity index (χ1v) is 8.26. The van der Waals surface area contributed by atoms with Crippen LogP contribution in [0.3, 0.4) is 0 Å². The Morgan fingerprint density at radius 2 is 1.79 bits per heavy atom. The SMILES string of the molecule is CCN(Cc1ccccc1)C(=O)C(=O)Nc1ccc(SC#N)cc1. The van der Waals surface area contributed by atoms with Gasteiger partial charge in [-0.2, -0.15) is 5.26 Å². The highest BCUT2D eigenvalue weighted by Crippen LogP contribution is 2.19. The predicted octanol–water partition coefficient (Wildman–Crippen LogP) is 3.25. The fraction of sp³-hybridized carbons (Fsp3) is 0.167. The van der Waals surface area contributed by atoms with Gasteiger partial charge >= 0.3 is 11.8 Å². The van der Waals surface area contributed by atoms with Gasteiger partial charge in [-0.25, -0.2) is 0 Å². The highest BCUT2D eigenvalue weighted by atomic mass is 32.2. The van der Waals surface area contributed by atoms with Gasteiger partial charge in [0.25, 0.3) is 0 Å². The number of benzene rings is 2. The van der Waals surface area contributed by atoms with E-state index in [9.17, 15) is 9.59 Å². The summed E-state index contributed by atoms with van der Waals surface area (Å²) in [5, 5.41) is 13.2. The minimum atomic E-state index is -0.673. The van der Waals surface area contributed by atoms with E-state index in [1.165, 1.54) is 4.90 Å². The second-order valence-corrected chi connectivity index (χ2v) is 5.83. The molecule has 0 saturated heterocycles. The zero-order chi connectivity index (χ0) is 17.4. The van der Waals surface area contributed by atoms with Crippen molar-refractivity contribution < 1.29 is 9.59 Å². The van der Waals surface area contributed by atoms with Gasteiger partial charge in [-0.05, 0) is 48.5 Å². The summed E-state index contributed by atoms with van der Waals surface area (Å²) in [7, 11) is 0. The van der Waals surface area contributed by atoms with Crippen molar-refractivity contribution in [1.29, 1.82) is 5.26 Å². The number of nitrogens with one attached hydrogen (secondary N) is 1. The molecule has 5 nitrogen and oxygen atoms in total. The standard InChI is InChI=1S/C18H17N3O2S/c1-2-21(12-14-6-4-3-5-7-14)18(23)17(22)20-15-8-10-16(11-9-15)24-13-19/h3-11H,2,12H2,1H3,(H,20,22). The minimum absolute atomic E-state index is 0.390. The number of thiocyanates is 1. The molecule has 0 atom stereocenters. The Morgan fingerprint density at radius 3 is 2.38 bits per heavy atom. The Labute approximate surface area is 145 Å². The maximum absolute atomic E-state index is 12.3. The molecule has 2 aromatic carbocycles. The van der Waals surface area contributed by atoms with E-state index in [1.807, 2.05) is 42.7 Å². The Morgan fingerprint density at radius 1 is 1.12 bits per heavy atom. The maximum Gasteiger partial charge on any atom is 0.313 e. The number of hydrogen-bond donors (Lipinski definition) is 1. The van der Waals surface area contributed by atoms with Gasteiger partial charge in [0.2, 0.25) is 0 Å². The third-order valence-electron chi connectivity index (χ3n) is 3.36. The molecule has 0 heterocycles. The smallest absolute Gasteiger partial charge is 0.313 e. The number of likely N-dealkylation sites (N-methyl/N-ethyl adjacent to an activating group) is 1. The fourth-order valence-electron chi connectivity index (χ4n) is 2.12. The van der Waals surface area contributed by atoms with E-state index >= 15 is 0 Å². The van der Waals surface area contributed by atoms with Gasteiger partial charge in [-0.1, -0.05) is 30.3 Å². The Hall–Kier alpha value is -2.78. The van der Waals surface area contributed by atoms with Crippen LogP contribution in [-0.2, 0) is 16.1 Å². The summed E-state index contributed by atoms with van der Waals surface area (Å²) in [6.07, 6.45) is 0. The van der Waals surface area contributed by atoms with E-state index in [0.29, 0.717) is 18.8 Å². The molecule has 0 radical (unpaired) electrons. The molecule has 2 amide bonds. The monoisotopic (exact) mass is 339 g/mol. The molecule has 2 aromatic rings. The summed E-state index contributed by atoms with van der Waals surface area (Å²) in [5.41, 5.74) is 1.49. The summed E-state index contributed by atoms with van der Waals surface area (Å²) in [4.78, 5) is 26.7. The molecule has 1 N–H and O–H groups in total. The lowest BCUT2D eigenvalue weighted by atomic mass is 10.2. The van der Waals surface area contributed by atoms with E-state index in [1.54, 1.807) is 24.3 Å². The normalized spacial score (nSPS) is 9.83. The van der Waals surface area contributed by atoms with Crippen LogP contribution in [0.1, 0.15) is 12.5 Å². The number of thioether (sulfide) groups is 1. The summed E-state index contributed by atoms with van der Waals surface area (Å²) < 4.78 is 0.